The molecule has 0 bridgehead atoms. The number of carbonyl (C=O) groups is 2. The summed E-state index contributed by atoms with van der Waals surface area (Å²) in [4.78, 5) is 30.7. The number of nitrogens with zero attached hydrogens (tertiary/aromatic N) is 4. The fourth-order valence-corrected chi connectivity index (χ4v) is 4.44. The van der Waals surface area contributed by atoms with Crippen molar-refractivity contribution < 1.29 is 9.59 Å². The highest BCUT2D eigenvalue weighted by Crippen LogP contribution is 2.31. The first kappa shape index (κ1) is 20.1. The smallest absolute Gasteiger partial charge is 0.307 e. The number of hydrogen-bond donors (Lipinski definition) is 3. The first-order chi connectivity index (χ1) is 14.6. The lowest BCUT2D eigenvalue weighted by atomic mass is 9.94. The fraction of sp³-hybridized carbons (Fsp3) is 0.400. The molecule has 2 heterocycles. The molecule has 4 rings (SSSR count). The van der Waals surface area contributed by atoms with Crippen LogP contribution in [-0.4, -0.2) is 37.4 Å². The van der Waals surface area contributed by atoms with Crippen LogP contribution in [-0.2, 0) is 12.8 Å². The summed E-state index contributed by atoms with van der Waals surface area (Å²) in [6.07, 6.45) is 7.09. The molecular formula is C20H23N7O2S. The van der Waals surface area contributed by atoms with Gasteiger partial charge in [0.25, 0.3) is 0 Å². The fourth-order valence-electron chi connectivity index (χ4n) is 3.63. The van der Waals surface area contributed by atoms with Crippen molar-refractivity contribution in [2.75, 3.05) is 10.6 Å². The van der Waals surface area contributed by atoms with Gasteiger partial charge < -0.3 is 5.32 Å². The Morgan fingerprint density at radius 2 is 2.03 bits per heavy atom. The van der Waals surface area contributed by atoms with Crippen LogP contribution in [0.2, 0.25) is 0 Å². The van der Waals surface area contributed by atoms with E-state index in [1.807, 2.05) is 19.1 Å². The molecule has 10 heteroatoms. The van der Waals surface area contributed by atoms with Crippen molar-refractivity contribution in [2.45, 2.75) is 45.4 Å². The number of aryl methyl sites for hydroxylation is 3. The molecule has 0 spiro atoms. The Labute approximate surface area is 177 Å². The highest BCUT2D eigenvalue weighted by Gasteiger charge is 2.26. The maximum absolute atomic E-state index is 12.9. The molecule has 1 aromatic carbocycles. The lowest BCUT2D eigenvalue weighted by Crippen LogP contribution is -2.22. The summed E-state index contributed by atoms with van der Waals surface area (Å²) in [6.45, 7) is 1.95. The zero-order chi connectivity index (χ0) is 20.9. The zero-order valence-electron chi connectivity index (χ0n) is 16.6. The lowest BCUT2D eigenvalue weighted by molar-refractivity contribution is 0.0923. The number of aromatic amines is 1. The third-order valence-corrected chi connectivity index (χ3v) is 6.15. The third-order valence-electron chi connectivity index (χ3n) is 5.17. The normalized spacial score (nSPS) is 14.0. The number of benzene rings is 1. The number of H-pyrrole nitrogens is 1. The van der Waals surface area contributed by atoms with E-state index in [4.69, 9.17) is 0 Å². The van der Waals surface area contributed by atoms with Crippen molar-refractivity contribution in [1.29, 1.82) is 0 Å². The van der Waals surface area contributed by atoms with E-state index in [9.17, 15) is 9.59 Å². The predicted octanol–water partition coefficient (Wildman–Crippen LogP) is 3.77. The van der Waals surface area contributed by atoms with Gasteiger partial charge in [-0.3, -0.25) is 10.1 Å². The van der Waals surface area contributed by atoms with Gasteiger partial charge in [0.2, 0.25) is 0 Å². The maximum Gasteiger partial charge on any atom is 0.325 e. The van der Waals surface area contributed by atoms with E-state index in [2.05, 4.69) is 36.2 Å². The number of carbonyl (C=O) groups excluding carboxylic acids is 2. The summed E-state index contributed by atoms with van der Waals surface area (Å²) in [7, 11) is 0. The van der Waals surface area contributed by atoms with Gasteiger partial charge in [0.15, 0.2) is 16.7 Å². The first-order valence-electron chi connectivity index (χ1n) is 9.98. The second-order valence-corrected chi connectivity index (χ2v) is 8.55. The number of aromatic nitrogens is 5. The third kappa shape index (κ3) is 4.88. The molecule has 3 N–H and O–H groups in total. The number of Topliss-reactive ketones (excluding diaryl/α,β-unsaturated/α-hetero) is 1. The molecule has 2 aromatic heterocycles. The van der Waals surface area contributed by atoms with Gasteiger partial charge in [-0.1, -0.05) is 29.7 Å². The van der Waals surface area contributed by atoms with Gasteiger partial charge in [0.05, 0.1) is 5.69 Å². The van der Waals surface area contributed by atoms with Gasteiger partial charge in [-0.2, -0.15) is 5.21 Å². The van der Waals surface area contributed by atoms with Crippen molar-refractivity contribution in [2.24, 2.45) is 5.92 Å². The van der Waals surface area contributed by atoms with Crippen LogP contribution in [0.15, 0.2) is 24.4 Å². The molecule has 156 valence electrons. The number of tetrazole rings is 1. The number of nitrogens with one attached hydrogen (secondary N) is 3. The van der Waals surface area contributed by atoms with Gasteiger partial charge in [-0.25, -0.2) is 9.78 Å². The number of hydrogen-bond acceptors (Lipinski definition) is 7. The average Bonchev–Trinajstić information content (AvgIpc) is 3.50. The lowest BCUT2D eigenvalue weighted by Gasteiger charge is -2.14. The van der Waals surface area contributed by atoms with Crippen LogP contribution < -0.4 is 10.6 Å². The van der Waals surface area contributed by atoms with Crippen molar-refractivity contribution in [1.82, 2.24) is 25.6 Å². The Hall–Kier alpha value is -3.14. The van der Waals surface area contributed by atoms with Crippen LogP contribution in [0, 0.1) is 12.8 Å². The van der Waals surface area contributed by atoms with Crippen molar-refractivity contribution >= 4 is 34.0 Å². The number of ketones is 1. The molecule has 1 aliphatic carbocycles. The number of urea groups is 1. The van der Waals surface area contributed by atoms with E-state index < -0.39 is 6.03 Å². The summed E-state index contributed by atoms with van der Waals surface area (Å²) in [5, 5.41) is 19.9. The van der Waals surface area contributed by atoms with Crippen LogP contribution >= 0.6 is 11.3 Å². The highest BCUT2D eigenvalue weighted by molar-refractivity contribution is 7.15. The van der Waals surface area contributed by atoms with E-state index in [0.29, 0.717) is 35.0 Å². The van der Waals surface area contributed by atoms with Gasteiger partial charge in [-0.15, -0.1) is 21.5 Å². The van der Waals surface area contributed by atoms with E-state index in [1.165, 1.54) is 11.3 Å². The monoisotopic (exact) mass is 425 g/mol. The Bertz CT molecular complexity index is 1030. The minimum atomic E-state index is -0.418. The number of anilines is 2. The molecule has 0 unspecified atom stereocenters. The first-order valence-corrected chi connectivity index (χ1v) is 10.8. The molecule has 3 aromatic rings. The summed E-state index contributed by atoms with van der Waals surface area (Å²) in [6, 6.07) is 5.12. The van der Waals surface area contributed by atoms with Gasteiger partial charge in [-0.05, 0) is 38.3 Å². The van der Waals surface area contributed by atoms with Gasteiger partial charge in [0, 0.05) is 29.0 Å². The van der Waals surface area contributed by atoms with Crippen molar-refractivity contribution in [3.05, 3.63) is 46.2 Å². The average molecular weight is 426 g/mol. The Kier molecular flexibility index (Phi) is 6.12. The van der Waals surface area contributed by atoms with E-state index in [0.717, 1.165) is 36.1 Å². The second-order valence-electron chi connectivity index (χ2n) is 7.43. The van der Waals surface area contributed by atoms with E-state index in [1.54, 1.807) is 12.3 Å². The molecule has 0 aliphatic heterocycles. The molecule has 0 radical (unpaired) electrons. The topological polar surface area (TPSA) is 126 Å². The van der Waals surface area contributed by atoms with E-state index in [-0.39, 0.29) is 11.7 Å². The van der Waals surface area contributed by atoms with Crippen LogP contribution in [0.5, 0.6) is 0 Å². The Balaban J connectivity index is 1.39. The highest BCUT2D eigenvalue weighted by atomic mass is 32.1. The summed E-state index contributed by atoms with van der Waals surface area (Å²) >= 11 is 1.39. The zero-order valence-corrected chi connectivity index (χ0v) is 17.5. The van der Waals surface area contributed by atoms with Gasteiger partial charge in [0.1, 0.15) is 0 Å². The molecule has 0 atom stereocenters. The molecule has 2 amide bonds. The standard InChI is InChI=1S/C20H23N7O2S/c1-12-6-8-16(15(10-12)18(28)13-4-2-3-5-13)22-19(29)23-20-21-11-14(30-20)7-9-17-24-26-27-25-17/h6,8,10-11,13H,2-5,7,9H2,1H3,(H2,21,22,23,29)(H,24,25,26,27). The molecular weight excluding hydrogens is 402 g/mol. The predicted molar refractivity (Wildman–Crippen MR) is 114 cm³/mol. The molecule has 1 aliphatic rings. The molecule has 1 fully saturated rings. The summed E-state index contributed by atoms with van der Waals surface area (Å²) in [5.74, 6) is 0.801. The summed E-state index contributed by atoms with van der Waals surface area (Å²) < 4.78 is 0. The molecule has 1 saturated carbocycles. The minimum absolute atomic E-state index is 0.0520. The van der Waals surface area contributed by atoms with Crippen LogP contribution in [0.4, 0.5) is 15.6 Å². The Morgan fingerprint density at radius 3 is 2.80 bits per heavy atom. The van der Waals surface area contributed by atoms with Crippen molar-refractivity contribution in [3.8, 4) is 0 Å². The number of thiazole rings is 1. The molecule has 0 saturated heterocycles. The van der Waals surface area contributed by atoms with E-state index >= 15 is 0 Å². The number of amides is 2. The van der Waals surface area contributed by atoms with Crippen LogP contribution in [0.1, 0.15) is 52.3 Å². The maximum atomic E-state index is 12.9. The second kappa shape index (κ2) is 9.12. The van der Waals surface area contributed by atoms with Crippen LogP contribution in [0.3, 0.4) is 0 Å². The van der Waals surface area contributed by atoms with Crippen molar-refractivity contribution in [3.63, 3.8) is 0 Å². The largest absolute Gasteiger partial charge is 0.325 e. The quantitative estimate of drug-likeness (QED) is 0.495. The molecule has 30 heavy (non-hydrogen) atoms. The minimum Gasteiger partial charge on any atom is -0.307 e. The van der Waals surface area contributed by atoms with Gasteiger partial charge >= 0.3 is 6.03 Å². The Morgan fingerprint density at radius 1 is 1.20 bits per heavy atom. The summed E-state index contributed by atoms with van der Waals surface area (Å²) in [5.41, 5.74) is 2.11. The SMILES string of the molecule is Cc1ccc(NC(=O)Nc2ncc(CCc3nn[nH]n3)s2)c(C(=O)C2CCCC2)c1. The van der Waals surface area contributed by atoms with Crippen LogP contribution in [0.25, 0.3) is 0 Å². The molecule has 9 nitrogen and oxygen atoms in total. The number of rotatable bonds is 7.